The molecule has 0 amide bonds. The zero-order valence-corrected chi connectivity index (χ0v) is 10.7. The van der Waals surface area contributed by atoms with E-state index in [4.69, 9.17) is 0 Å². The summed E-state index contributed by atoms with van der Waals surface area (Å²) in [6.45, 7) is 1.34. The highest BCUT2D eigenvalue weighted by Gasteiger charge is 2.62. The average molecular weight is 306 g/mol. The summed E-state index contributed by atoms with van der Waals surface area (Å²) in [7, 11) is 0. The van der Waals surface area contributed by atoms with Crippen molar-refractivity contribution < 1.29 is 26.4 Å². The van der Waals surface area contributed by atoms with Gasteiger partial charge in [0.2, 0.25) is 0 Å². The molecule has 1 aliphatic rings. The molecule has 1 aromatic carbocycles. The van der Waals surface area contributed by atoms with Crippen LogP contribution in [0.2, 0.25) is 0 Å². The number of alkyl halides is 5. The number of oxazole rings is 1. The Bertz CT molecular complexity index is 677. The van der Waals surface area contributed by atoms with Crippen LogP contribution in [-0.4, -0.2) is 24.2 Å². The maximum Gasteiger partial charge on any atom is 0.463 e. The fourth-order valence-electron chi connectivity index (χ4n) is 2.42. The molecule has 0 atom stereocenters. The fourth-order valence-corrected chi connectivity index (χ4v) is 2.42. The van der Waals surface area contributed by atoms with Crippen LogP contribution in [0.5, 0.6) is 0 Å². The van der Waals surface area contributed by atoms with Crippen LogP contribution in [-0.2, 0) is 18.8 Å². The Kier molecular flexibility index (Phi) is 3.16. The summed E-state index contributed by atoms with van der Waals surface area (Å²) >= 11 is 0. The van der Waals surface area contributed by atoms with E-state index in [-0.39, 0.29) is 11.1 Å². The number of nitrogens with one attached hydrogen (secondary N) is 1. The number of fused-ring (bicyclic) bond motifs is 3. The van der Waals surface area contributed by atoms with Crippen molar-refractivity contribution in [2.45, 2.75) is 24.9 Å². The van der Waals surface area contributed by atoms with Crippen LogP contribution in [0.25, 0.3) is 11.1 Å². The Morgan fingerprint density at radius 1 is 1.05 bits per heavy atom. The predicted molar refractivity (Wildman–Crippen MR) is 64.2 cm³/mol. The van der Waals surface area contributed by atoms with E-state index < -0.39 is 18.0 Å². The summed E-state index contributed by atoms with van der Waals surface area (Å²) in [5.74, 6) is -6.70. The van der Waals surface area contributed by atoms with Gasteiger partial charge in [0.15, 0.2) is 5.58 Å². The van der Waals surface area contributed by atoms with Gasteiger partial charge in [0.25, 0.3) is 5.89 Å². The summed E-state index contributed by atoms with van der Waals surface area (Å²) in [6, 6.07) is 3.08. The number of rotatable bonds is 1. The summed E-state index contributed by atoms with van der Waals surface area (Å²) < 4.78 is 68.5. The SMILES string of the molecule is FC(F)(F)C(F)(F)c1nc2c3c(ccc2o1)CCNCC3. The highest BCUT2D eigenvalue weighted by atomic mass is 19.4. The summed E-state index contributed by atoms with van der Waals surface area (Å²) in [5.41, 5.74) is 1.61. The standard InChI is InChI=1S/C13H11F5N2O/c14-12(15,13(16,17)18)11-20-10-8-4-6-19-5-3-7(8)1-2-9(10)21-11/h1-2,19H,3-6H2. The first-order chi connectivity index (χ1) is 9.80. The van der Waals surface area contributed by atoms with Crippen molar-refractivity contribution in [3.8, 4) is 0 Å². The maximum atomic E-state index is 13.3. The maximum absolute atomic E-state index is 13.3. The quantitative estimate of drug-likeness (QED) is 0.822. The molecule has 3 nitrogen and oxygen atoms in total. The second-order valence-electron chi connectivity index (χ2n) is 4.89. The van der Waals surface area contributed by atoms with Crippen LogP contribution in [0.15, 0.2) is 16.5 Å². The highest BCUT2D eigenvalue weighted by molar-refractivity contribution is 5.78. The van der Waals surface area contributed by atoms with Crippen LogP contribution in [0, 0.1) is 0 Å². The molecular weight excluding hydrogens is 295 g/mol. The molecule has 0 bridgehead atoms. The molecule has 0 saturated heterocycles. The van der Waals surface area contributed by atoms with E-state index in [0.29, 0.717) is 24.9 Å². The smallest absolute Gasteiger partial charge is 0.435 e. The molecular formula is C13H11F5N2O. The van der Waals surface area contributed by atoms with Gasteiger partial charge < -0.3 is 9.73 Å². The van der Waals surface area contributed by atoms with Gasteiger partial charge in [0, 0.05) is 0 Å². The van der Waals surface area contributed by atoms with Gasteiger partial charge in [0.1, 0.15) is 5.52 Å². The zero-order chi connectivity index (χ0) is 15.3. The largest absolute Gasteiger partial charge is 0.463 e. The molecule has 1 aliphatic heterocycles. The second kappa shape index (κ2) is 4.66. The minimum absolute atomic E-state index is 0.0467. The molecule has 1 aromatic heterocycles. The van der Waals surface area contributed by atoms with Crippen molar-refractivity contribution >= 4 is 11.1 Å². The van der Waals surface area contributed by atoms with Gasteiger partial charge in [-0.15, -0.1) is 0 Å². The van der Waals surface area contributed by atoms with E-state index in [1.165, 1.54) is 6.07 Å². The zero-order valence-electron chi connectivity index (χ0n) is 10.7. The van der Waals surface area contributed by atoms with Gasteiger partial charge in [-0.3, -0.25) is 0 Å². The lowest BCUT2D eigenvalue weighted by atomic mass is 10.0. The molecule has 0 saturated carbocycles. The van der Waals surface area contributed by atoms with E-state index in [2.05, 4.69) is 14.7 Å². The third-order valence-electron chi connectivity index (χ3n) is 3.51. The molecule has 3 rings (SSSR count). The number of hydrogen-bond acceptors (Lipinski definition) is 3. The predicted octanol–water partition coefficient (Wildman–Crippen LogP) is 3.17. The van der Waals surface area contributed by atoms with Gasteiger partial charge in [-0.25, -0.2) is 4.98 Å². The van der Waals surface area contributed by atoms with Crippen molar-refractivity contribution in [1.29, 1.82) is 0 Å². The molecule has 0 radical (unpaired) electrons. The van der Waals surface area contributed by atoms with E-state index >= 15 is 0 Å². The van der Waals surface area contributed by atoms with Crippen LogP contribution >= 0.6 is 0 Å². The molecule has 21 heavy (non-hydrogen) atoms. The first kappa shape index (κ1) is 14.2. The minimum Gasteiger partial charge on any atom is -0.435 e. The molecule has 8 heteroatoms. The topological polar surface area (TPSA) is 38.1 Å². The van der Waals surface area contributed by atoms with Crippen molar-refractivity contribution in [3.05, 3.63) is 29.2 Å². The van der Waals surface area contributed by atoms with Crippen LogP contribution in [0.4, 0.5) is 22.0 Å². The minimum atomic E-state index is -5.73. The molecule has 0 spiro atoms. The molecule has 0 fully saturated rings. The van der Waals surface area contributed by atoms with Gasteiger partial charge in [-0.1, -0.05) is 6.07 Å². The molecule has 2 heterocycles. The third-order valence-corrected chi connectivity index (χ3v) is 3.51. The van der Waals surface area contributed by atoms with Crippen LogP contribution in [0.3, 0.4) is 0 Å². The van der Waals surface area contributed by atoms with Crippen molar-refractivity contribution in [2.24, 2.45) is 0 Å². The lowest BCUT2D eigenvalue weighted by Crippen LogP contribution is -2.33. The number of hydrogen-bond donors (Lipinski definition) is 1. The molecule has 2 aromatic rings. The van der Waals surface area contributed by atoms with E-state index in [9.17, 15) is 22.0 Å². The van der Waals surface area contributed by atoms with Gasteiger partial charge in [-0.2, -0.15) is 22.0 Å². The average Bonchev–Trinajstić information content (AvgIpc) is 2.69. The number of halogens is 5. The first-order valence-electron chi connectivity index (χ1n) is 6.38. The normalized spacial score (nSPS) is 16.8. The Morgan fingerprint density at radius 3 is 2.48 bits per heavy atom. The Balaban J connectivity index is 2.15. The van der Waals surface area contributed by atoms with Gasteiger partial charge >= 0.3 is 12.1 Å². The van der Waals surface area contributed by atoms with Crippen molar-refractivity contribution in [2.75, 3.05) is 13.1 Å². The Labute approximate surface area is 116 Å². The monoisotopic (exact) mass is 306 g/mol. The lowest BCUT2D eigenvalue weighted by molar-refractivity contribution is -0.297. The van der Waals surface area contributed by atoms with Crippen molar-refractivity contribution in [1.82, 2.24) is 10.3 Å². The van der Waals surface area contributed by atoms with Gasteiger partial charge in [0.05, 0.1) is 0 Å². The Hall–Kier alpha value is -1.70. The molecule has 0 unspecified atom stereocenters. The van der Waals surface area contributed by atoms with E-state index in [1.807, 2.05) is 0 Å². The van der Waals surface area contributed by atoms with Gasteiger partial charge in [-0.05, 0) is 43.1 Å². The molecule has 1 N–H and O–H groups in total. The first-order valence-corrected chi connectivity index (χ1v) is 6.38. The summed E-state index contributed by atoms with van der Waals surface area (Å²) in [5, 5.41) is 3.13. The second-order valence-corrected chi connectivity index (χ2v) is 4.89. The van der Waals surface area contributed by atoms with E-state index in [0.717, 1.165) is 12.1 Å². The lowest BCUT2D eigenvalue weighted by Gasteiger charge is -2.15. The molecule has 114 valence electrons. The van der Waals surface area contributed by atoms with Crippen LogP contribution < -0.4 is 5.32 Å². The van der Waals surface area contributed by atoms with Crippen molar-refractivity contribution in [3.63, 3.8) is 0 Å². The molecule has 0 aliphatic carbocycles. The Morgan fingerprint density at radius 2 is 1.76 bits per heavy atom. The number of benzene rings is 1. The fraction of sp³-hybridized carbons (Fsp3) is 0.462. The summed E-state index contributed by atoms with van der Waals surface area (Å²) in [4.78, 5) is 3.44. The van der Waals surface area contributed by atoms with Crippen LogP contribution in [0.1, 0.15) is 17.0 Å². The van der Waals surface area contributed by atoms with E-state index in [1.54, 1.807) is 6.07 Å². The third kappa shape index (κ3) is 2.27. The number of aromatic nitrogens is 1. The summed E-state index contributed by atoms with van der Waals surface area (Å²) in [6.07, 6.45) is -4.55. The number of nitrogens with zero attached hydrogens (tertiary/aromatic N) is 1. The highest BCUT2D eigenvalue weighted by Crippen LogP contribution is 2.44.